The van der Waals surface area contributed by atoms with Gasteiger partial charge in [0.15, 0.2) is 0 Å². The molecule has 0 aromatic heterocycles. The third-order valence-corrected chi connectivity index (χ3v) is 2.93. The molecule has 1 atom stereocenters. The van der Waals surface area contributed by atoms with Crippen molar-refractivity contribution < 1.29 is 9.90 Å². The van der Waals surface area contributed by atoms with Gasteiger partial charge in [-0.15, -0.1) is 0 Å². The molecule has 1 amide bonds. The Morgan fingerprint density at radius 3 is 2.67 bits per heavy atom. The zero-order chi connectivity index (χ0) is 11.3. The van der Waals surface area contributed by atoms with Crippen LogP contribution in [0.1, 0.15) is 26.7 Å². The Morgan fingerprint density at radius 2 is 2.13 bits per heavy atom. The van der Waals surface area contributed by atoms with Crippen LogP contribution in [0.4, 0.5) is 0 Å². The van der Waals surface area contributed by atoms with Crippen molar-refractivity contribution in [3.05, 3.63) is 0 Å². The maximum absolute atomic E-state index is 10.6. The summed E-state index contributed by atoms with van der Waals surface area (Å²) in [5, 5.41) is 12.3. The van der Waals surface area contributed by atoms with Crippen LogP contribution in [-0.2, 0) is 4.79 Å². The van der Waals surface area contributed by atoms with Gasteiger partial charge in [0.2, 0.25) is 5.91 Å². The summed E-state index contributed by atoms with van der Waals surface area (Å²) in [6.07, 6.45) is 1.99. The van der Waals surface area contributed by atoms with Crippen LogP contribution in [0.3, 0.4) is 0 Å². The lowest BCUT2D eigenvalue weighted by Crippen LogP contribution is -2.42. The highest BCUT2D eigenvalue weighted by Crippen LogP contribution is 2.15. The fourth-order valence-electron chi connectivity index (χ4n) is 1.87. The molecular weight excluding hydrogens is 192 g/mol. The highest BCUT2D eigenvalue weighted by atomic mass is 16.3. The van der Waals surface area contributed by atoms with Gasteiger partial charge in [0.1, 0.15) is 0 Å². The Labute approximate surface area is 91.6 Å². The summed E-state index contributed by atoms with van der Waals surface area (Å²) in [7, 11) is 0. The van der Waals surface area contributed by atoms with Gasteiger partial charge in [0, 0.05) is 20.0 Å². The molecular formula is C11H22N2O2. The third-order valence-electron chi connectivity index (χ3n) is 2.93. The Bertz CT molecular complexity index is 201. The smallest absolute Gasteiger partial charge is 0.216 e. The van der Waals surface area contributed by atoms with Crippen LogP contribution in [0, 0.1) is 5.92 Å². The minimum absolute atomic E-state index is 0.0821. The van der Waals surface area contributed by atoms with Crippen molar-refractivity contribution in [2.75, 3.05) is 26.2 Å². The number of β-amino-alcohol motifs (C(OH)–C–C–N with tert-alkyl or cyclic N) is 1. The number of rotatable bonds is 4. The SMILES string of the molecule is CC(=O)NCC(O)CN1CCC(C)CC1. The zero-order valence-electron chi connectivity index (χ0n) is 9.70. The molecule has 1 unspecified atom stereocenters. The van der Waals surface area contributed by atoms with Gasteiger partial charge < -0.3 is 15.3 Å². The summed E-state index contributed by atoms with van der Waals surface area (Å²) in [5.41, 5.74) is 0. The molecule has 0 radical (unpaired) electrons. The molecule has 1 saturated heterocycles. The third kappa shape index (κ3) is 5.14. The van der Waals surface area contributed by atoms with Crippen molar-refractivity contribution >= 4 is 5.91 Å². The molecule has 4 nitrogen and oxygen atoms in total. The summed E-state index contributed by atoms with van der Waals surface area (Å²) < 4.78 is 0. The number of nitrogens with zero attached hydrogens (tertiary/aromatic N) is 1. The highest BCUT2D eigenvalue weighted by molar-refractivity contribution is 5.72. The molecule has 0 spiro atoms. The predicted molar refractivity (Wildman–Crippen MR) is 59.5 cm³/mol. The molecule has 0 aromatic carbocycles. The van der Waals surface area contributed by atoms with Gasteiger partial charge in [-0.3, -0.25) is 4.79 Å². The Balaban J connectivity index is 2.14. The first-order chi connectivity index (χ1) is 7.08. The van der Waals surface area contributed by atoms with Crippen LogP contribution >= 0.6 is 0 Å². The number of carbonyl (C=O) groups is 1. The molecule has 1 aliphatic heterocycles. The van der Waals surface area contributed by atoms with E-state index in [1.165, 1.54) is 19.8 Å². The van der Waals surface area contributed by atoms with E-state index >= 15 is 0 Å². The monoisotopic (exact) mass is 214 g/mol. The maximum Gasteiger partial charge on any atom is 0.216 e. The molecule has 0 aliphatic carbocycles. The topological polar surface area (TPSA) is 52.6 Å². The highest BCUT2D eigenvalue weighted by Gasteiger charge is 2.18. The summed E-state index contributed by atoms with van der Waals surface area (Å²) in [6.45, 7) is 6.91. The Morgan fingerprint density at radius 1 is 1.53 bits per heavy atom. The molecule has 88 valence electrons. The number of amides is 1. The number of carbonyl (C=O) groups excluding carboxylic acids is 1. The zero-order valence-corrected chi connectivity index (χ0v) is 9.70. The summed E-state index contributed by atoms with van der Waals surface area (Å²) in [5.74, 6) is 0.732. The summed E-state index contributed by atoms with van der Waals surface area (Å²) in [4.78, 5) is 12.9. The quantitative estimate of drug-likeness (QED) is 0.703. The number of nitrogens with one attached hydrogen (secondary N) is 1. The fraction of sp³-hybridized carbons (Fsp3) is 0.909. The maximum atomic E-state index is 10.6. The summed E-state index contributed by atoms with van der Waals surface area (Å²) >= 11 is 0. The number of piperidine rings is 1. The van der Waals surface area contributed by atoms with E-state index in [1.807, 2.05) is 0 Å². The lowest BCUT2D eigenvalue weighted by molar-refractivity contribution is -0.119. The summed E-state index contributed by atoms with van der Waals surface area (Å²) in [6, 6.07) is 0. The van der Waals surface area contributed by atoms with Crippen LogP contribution in [0.15, 0.2) is 0 Å². The van der Waals surface area contributed by atoms with Gasteiger partial charge in [0.25, 0.3) is 0 Å². The van der Waals surface area contributed by atoms with Crippen molar-refractivity contribution in [1.82, 2.24) is 10.2 Å². The van der Waals surface area contributed by atoms with E-state index in [1.54, 1.807) is 0 Å². The van der Waals surface area contributed by atoms with Crippen molar-refractivity contribution in [2.45, 2.75) is 32.8 Å². The van der Waals surface area contributed by atoms with E-state index in [0.29, 0.717) is 13.1 Å². The largest absolute Gasteiger partial charge is 0.390 e. The van der Waals surface area contributed by atoms with Gasteiger partial charge in [-0.25, -0.2) is 0 Å². The van der Waals surface area contributed by atoms with Crippen molar-refractivity contribution in [2.24, 2.45) is 5.92 Å². The van der Waals surface area contributed by atoms with Crippen molar-refractivity contribution in [3.63, 3.8) is 0 Å². The van der Waals surface area contributed by atoms with Crippen LogP contribution in [0.2, 0.25) is 0 Å². The van der Waals surface area contributed by atoms with E-state index in [-0.39, 0.29) is 5.91 Å². The molecule has 15 heavy (non-hydrogen) atoms. The van der Waals surface area contributed by atoms with E-state index in [4.69, 9.17) is 0 Å². The van der Waals surface area contributed by atoms with Crippen LogP contribution in [0.25, 0.3) is 0 Å². The number of aliphatic hydroxyl groups is 1. The Kier molecular flexibility index (Phi) is 5.05. The molecule has 2 N–H and O–H groups in total. The van der Waals surface area contributed by atoms with Gasteiger partial charge in [-0.2, -0.15) is 0 Å². The second kappa shape index (κ2) is 6.08. The van der Waals surface area contributed by atoms with E-state index in [9.17, 15) is 9.90 Å². The number of hydrogen-bond acceptors (Lipinski definition) is 3. The normalized spacial score (nSPS) is 21.3. The van der Waals surface area contributed by atoms with Gasteiger partial charge in [-0.05, 0) is 31.8 Å². The molecule has 1 heterocycles. The average Bonchev–Trinajstić information content (AvgIpc) is 2.19. The predicted octanol–water partition coefficient (Wildman–Crippen LogP) is 0.215. The number of likely N-dealkylation sites (tertiary alicyclic amines) is 1. The second-order valence-electron chi connectivity index (χ2n) is 4.57. The molecule has 0 saturated carbocycles. The lowest BCUT2D eigenvalue weighted by atomic mass is 9.99. The van der Waals surface area contributed by atoms with E-state index < -0.39 is 6.10 Å². The minimum Gasteiger partial charge on any atom is -0.390 e. The first kappa shape index (κ1) is 12.5. The van der Waals surface area contributed by atoms with Gasteiger partial charge >= 0.3 is 0 Å². The standard InChI is InChI=1S/C11H22N2O2/c1-9-3-5-13(6-4-9)8-11(15)7-12-10(2)14/h9,11,15H,3-8H2,1-2H3,(H,12,14). The first-order valence-electron chi connectivity index (χ1n) is 5.72. The molecule has 0 aromatic rings. The van der Waals surface area contributed by atoms with E-state index in [0.717, 1.165) is 19.0 Å². The van der Waals surface area contributed by atoms with Crippen LogP contribution in [-0.4, -0.2) is 48.2 Å². The van der Waals surface area contributed by atoms with Gasteiger partial charge in [-0.1, -0.05) is 6.92 Å². The fourth-order valence-corrected chi connectivity index (χ4v) is 1.87. The van der Waals surface area contributed by atoms with Crippen LogP contribution in [0.5, 0.6) is 0 Å². The second-order valence-corrected chi connectivity index (χ2v) is 4.57. The number of aliphatic hydroxyl groups excluding tert-OH is 1. The molecule has 1 fully saturated rings. The Hall–Kier alpha value is -0.610. The molecule has 4 heteroatoms. The average molecular weight is 214 g/mol. The number of hydrogen-bond donors (Lipinski definition) is 2. The molecule has 0 bridgehead atoms. The molecule has 1 aliphatic rings. The first-order valence-corrected chi connectivity index (χ1v) is 5.72. The van der Waals surface area contributed by atoms with Gasteiger partial charge in [0.05, 0.1) is 6.10 Å². The van der Waals surface area contributed by atoms with Crippen molar-refractivity contribution in [3.8, 4) is 0 Å². The molecule has 1 rings (SSSR count). The van der Waals surface area contributed by atoms with Crippen LogP contribution < -0.4 is 5.32 Å². The van der Waals surface area contributed by atoms with E-state index in [2.05, 4.69) is 17.1 Å². The minimum atomic E-state index is -0.442. The van der Waals surface area contributed by atoms with Crippen molar-refractivity contribution in [1.29, 1.82) is 0 Å². The lowest BCUT2D eigenvalue weighted by Gasteiger charge is -2.31.